The summed E-state index contributed by atoms with van der Waals surface area (Å²) in [6.45, 7) is 2.58. The molecule has 0 fully saturated rings. The number of amides is 1. The molecule has 23 heavy (non-hydrogen) atoms. The number of nitrogens with one attached hydrogen (secondary N) is 1. The van der Waals surface area contributed by atoms with E-state index in [1.54, 1.807) is 12.1 Å². The van der Waals surface area contributed by atoms with Crippen molar-refractivity contribution in [3.05, 3.63) is 70.4 Å². The summed E-state index contributed by atoms with van der Waals surface area (Å²) in [7, 11) is 0. The van der Waals surface area contributed by atoms with Crippen molar-refractivity contribution in [2.45, 2.75) is 19.8 Å². The third-order valence-electron chi connectivity index (χ3n) is 3.85. The number of fused-ring (bicyclic) bond motifs is 1. The maximum Gasteiger partial charge on any atom is 0.287 e. The van der Waals surface area contributed by atoms with Crippen LogP contribution in [-0.4, -0.2) is 12.5 Å². The molecule has 0 aliphatic heterocycles. The molecule has 1 amide bonds. The normalized spacial score (nSPS) is 10.9. The van der Waals surface area contributed by atoms with Gasteiger partial charge in [-0.2, -0.15) is 0 Å². The lowest BCUT2D eigenvalue weighted by atomic mass is 10.1. The van der Waals surface area contributed by atoms with Gasteiger partial charge < -0.3 is 9.73 Å². The fourth-order valence-electron chi connectivity index (χ4n) is 2.70. The van der Waals surface area contributed by atoms with Gasteiger partial charge in [-0.1, -0.05) is 48.9 Å². The third kappa shape index (κ3) is 3.40. The van der Waals surface area contributed by atoms with Crippen LogP contribution in [-0.2, 0) is 12.8 Å². The molecule has 0 radical (unpaired) electrons. The van der Waals surface area contributed by atoms with Gasteiger partial charge in [0.2, 0.25) is 0 Å². The molecule has 118 valence electrons. The molecule has 0 saturated heterocycles. The first-order valence-corrected chi connectivity index (χ1v) is 8.10. The van der Waals surface area contributed by atoms with Gasteiger partial charge in [-0.05, 0) is 36.6 Å². The molecule has 0 saturated carbocycles. The molecule has 4 heteroatoms. The average Bonchev–Trinajstić information content (AvgIpc) is 2.93. The molecule has 3 rings (SSSR count). The van der Waals surface area contributed by atoms with E-state index in [0.29, 0.717) is 22.9 Å². The standard InChI is InChI=1S/C19H18ClNO2/c1-2-15-16-12-14(20)8-9-17(16)23-18(15)19(22)21-11-10-13-6-4-3-5-7-13/h3-9,12H,2,10-11H2,1H3,(H,21,22). The monoisotopic (exact) mass is 327 g/mol. The first kappa shape index (κ1) is 15.6. The zero-order valence-corrected chi connectivity index (χ0v) is 13.7. The quantitative estimate of drug-likeness (QED) is 0.743. The molecule has 0 aliphatic rings. The Kier molecular flexibility index (Phi) is 4.68. The molecule has 3 nitrogen and oxygen atoms in total. The molecule has 0 bridgehead atoms. The number of carbonyl (C=O) groups excluding carboxylic acids is 1. The van der Waals surface area contributed by atoms with Crippen LogP contribution in [0.15, 0.2) is 52.9 Å². The summed E-state index contributed by atoms with van der Waals surface area (Å²) >= 11 is 6.05. The Hall–Kier alpha value is -2.26. The fraction of sp³-hybridized carbons (Fsp3) is 0.211. The number of rotatable bonds is 5. The van der Waals surface area contributed by atoms with Crippen LogP contribution in [0.1, 0.15) is 28.6 Å². The highest BCUT2D eigenvalue weighted by molar-refractivity contribution is 6.31. The van der Waals surface area contributed by atoms with Crippen LogP contribution in [0, 0.1) is 0 Å². The van der Waals surface area contributed by atoms with E-state index in [4.69, 9.17) is 16.0 Å². The molecule has 1 N–H and O–H groups in total. The minimum atomic E-state index is -0.176. The lowest BCUT2D eigenvalue weighted by molar-refractivity contribution is 0.0927. The van der Waals surface area contributed by atoms with Crippen LogP contribution in [0.4, 0.5) is 0 Å². The molecule has 1 heterocycles. The number of benzene rings is 2. The second kappa shape index (κ2) is 6.88. The summed E-state index contributed by atoms with van der Waals surface area (Å²) in [5.41, 5.74) is 2.79. The van der Waals surface area contributed by atoms with E-state index in [-0.39, 0.29) is 5.91 Å². The number of hydrogen-bond donors (Lipinski definition) is 1. The van der Waals surface area contributed by atoms with Gasteiger partial charge in [0.15, 0.2) is 5.76 Å². The van der Waals surface area contributed by atoms with Crippen molar-refractivity contribution < 1.29 is 9.21 Å². The minimum absolute atomic E-state index is 0.176. The Balaban J connectivity index is 1.75. The van der Waals surface area contributed by atoms with E-state index in [0.717, 1.165) is 23.8 Å². The van der Waals surface area contributed by atoms with Gasteiger partial charge in [0, 0.05) is 22.5 Å². The fourth-order valence-corrected chi connectivity index (χ4v) is 2.87. The second-order valence-electron chi connectivity index (χ2n) is 5.40. The predicted molar refractivity (Wildman–Crippen MR) is 93.1 cm³/mol. The largest absolute Gasteiger partial charge is 0.451 e. The molecular formula is C19H18ClNO2. The van der Waals surface area contributed by atoms with E-state index < -0.39 is 0 Å². The predicted octanol–water partition coefficient (Wildman–Crippen LogP) is 4.62. The smallest absolute Gasteiger partial charge is 0.287 e. The number of halogens is 1. The number of aryl methyl sites for hydroxylation is 1. The number of hydrogen-bond acceptors (Lipinski definition) is 2. The lowest BCUT2D eigenvalue weighted by Gasteiger charge is -2.05. The summed E-state index contributed by atoms with van der Waals surface area (Å²) in [5.74, 6) is 0.211. The Bertz CT molecular complexity index is 824. The molecular weight excluding hydrogens is 310 g/mol. The van der Waals surface area contributed by atoms with Crippen molar-refractivity contribution in [3.8, 4) is 0 Å². The van der Waals surface area contributed by atoms with E-state index in [2.05, 4.69) is 5.32 Å². The maximum atomic E-state index is 12.4. The van der Waals surface area contributed by atoms with Gasteiger partial charge in [0.25, 0.3) is 5.91 Å². The topological polar surface area (TPSA) is 42.2 Å². The van der Waals surface area contributed by atoms with Gasteiger partial charge >= 0.3 is 0 Å². The van der Waals surface area contributed by atoms with E-state index in [1.807, 2.05) is 43.3 Å². The van der Waals surface area contributed by atoms with Crippen molar-refractivity contribution in [2.75, 3.05) is 6.54 Å². The van der Waals surface area contributed by atoms with Crippen molar-refractivity contribution in [1.82, 2.24) is 5.32 Å². The number of furan rings is 1. The third-order valence-corrected chi connectivity index (χ3v) is 4.09. The molecule has 0 spiro atoms. The van der Waals surface area contributed by atoms with Crippen molar-refractivity contribution in [3.63, 3.8) is 0 Å². The van der Waals surface area contributed by atoms with E-state index in [9.17, 15) is 4.79 Å². The molecule has 2 aromatic carbocycles. The average molecular weight is 328 g/mol. The van der Waals surface area contributed by atoms with E-state index in [1.165, 1.54) is 5.56 Å². The molecule has 0 atom stereocenters. The number of carbonyl (C=O) groups is 1. The minimum Gasteiger partial charge on any atom is -0.451 e. The Morgan fingerprint density at radius 3 is 2.70 bits per heavy atom. The molecule has 0 aliphatic carbocycles. The van der Waals surface area contributed by atoms with Crippen molar-refractivity contribution >= 4 is 28.5 Å². The SMILES string of the molecule is CCc1c(C(=O)NCCc2ccccc2)oc2ccc(Cl)cc12. The van der Waals surface area contributed by atoms with Gasteiger partial charge in [-0.25, -0.2) is 0 Å². The molecule has 0 unspecified atom stereocenters. The summed E-state index contributed by atoms with van der Waals surface area (Å²) in [5, 5.41) is 4.49. The van der Waals surface area contributed by atoms with Gasteiger partial charge in [-0.15, -0.1) is 0 Å². The second-order valence-corrected chi connectivity index (χ2v) is 5.83. The van der Waals surface area contributed by atoms with Crippen molar-refractivity contribution in [1.29, 1.82) is 0 Å². The summed E-state index contributed by atoms with van der Waals surface area (Å²) in [6.07, 6.45) is 1.51. The van der Waals surface area contributed by atoms with Gasteiger partial charge in [0.05, 0.1) is 0 Å². The van der Waals surface area contributed by atoms with Crippen LogP contribution in [0.3, 0.4) is 0 Å². The van der Waals surface area contributed by atoms with Gasteiger partial charge in [-0.3, -0.25) is 4.79 Å². The maximum absolute atomic E-state index is 12.4. The lowest BCUT2D eigenvalue weighted by Crippen LogP contribution is -2.26. The Morgan fingerprint density at radius 2 is 1.96 bits per heavy atom. The molecule has 1 aromatic heterocycles. The van der Waals surface area contributed by atoms with Crippen LogP contribution in [0.5, 0.6) is 0 Å². The first-order chi connectivity index (χ1) is 11.2. The van der Waals surface area contributed by atoms with Crippen LogP contribution in [0.2, 0.25) is 5.02 Å². The van der Waals surface area contributed by atoms with Crippen molar-refractivity contribution in [2.24, 2.45) is 0 Å². The zero-order valence-electron chi connectivity index (χ0n) is 12.9. The highest BCUT2D eigenvalue weighted by atomic mass is 35.5. The Morgan fingerprint density at radius 1 is 1.17 bits per heavy atom. The first-order valence-electron chi connectivity index (χ1n) is 7.72. The van der Waals surface area contributed by atoms with Crippen LogP contribution in [0.25, 0.3) is 11.0 Å². The highest BCUT2D eigenvalue weighted by Crippen LogP contribution is 2.29. The summed E-state index contributed by atoms with van der Waals surface area (Å²) < 4.78 is 5.74. The zero-order chi connectivity index (χ0) is 16.2. The summed E-state index contributed by atoms with van der Waals surface area (Å²) in [4.78, 5) is 12.4. The highest BCUT2D eigenvalue weighted by Gasteiger charge is 2.19. The summed E-state index contributed by atoms with van der Waals surface area (Å²) in [6, 6.07) is 15.5. The van der Waals surface area contributed by atoms with Crippen LogP contribution >= 0.6 is 11.6 Å². The van der Waals surface area contributed by atoms with Gasteiger partial charge in [0.1, 0.15) is 5.58 Å². The van der Waals surface area contributed by atoms with E-state index >= 15 is 0 Å². The van der Waals surface area contributed by atoms with Crippen LogP contribution < -0.4 is 5.32 Å². The molecule has 3 aromatic rings. The Labute approximate surface area is 140 Å².